The van der Waals surface area contributed by atoms with Gasteiger partial charge in [-0.25, -0.2) is 9.18 Å². The fourth-order valence-electron chi connectivity index (χ4n) is 5.39. The average molecular weight is 518 g/mol. The quantitative estimate of drug-likeness (QED) is 0.605. The molecule has 0 saturated carbocycles. The SMILES string of the molecule is COc1c([C@@H]2CN3CCN(C[C@H](O)c4ccc5c(c4C)COC5=O)C[C@H]3CO2)ccc(C#N)c1F.Cl. The van der Waals surface area contributed by atoms with E-state index in [1.165, 1.54) is 13.2 Å². The van der Waals surface area contributed by atoms with Crippen LogP contribution in [0, 0.1) is 24.1 Å². The summed E-state index contributed by atoms with van der Waals surface area (Å²) >= 11 is 0. The van der Waals surface area contributed by atoms with Crippen LogP contribution in [0.1, 0.15) is 50.4 Å². The van der Waals surface area contributed by atoms with Crippen molar-refractivity contribution in [3.8, 4) is 11.8 Å². The first kappa shape index (κ1) is 26.3. The second kappa shape index (κ2) is 10.7. The molecule has 8 nitrogen and oxygen atoms in total. The number of nitrogens with zero attached hydrogens (tertiary/aromatic N) is 3. The van der Waals surface area contributed by atoms with E-state index in [1.807, 2.05) is 19.1 Å². The van der Waals surface area contributed by atoms with Gasteiger partial charge in [-0.05, 0) is 30.2 Å². The molecule has 0 amide bonds. The van der Waals surface area contributed by atoms with E-state index in [1.54, 1.807) is 12.1 Å². The number of esters is 1. The molecule has 3 heterocycles. The first-order valence-electron chi connectivity index (χ1n) is 11.7. The molecule has 2 aromatic rings. The molecule has 3 aliphatic heterocycles. The van der Waals surface area contributed by atoms with Crippen LogP contribution in [0.15, 0.2) is 24.3 Å². The number of aliphatic hydroxyl groups excluding tert-OH is 1. The molecular weight excluding hydrogens is 489 g/mol. The molecule has 0 aliphatic carbocycles. The minimum absolute atomic E-state index is 0. The van der Waals surface area contributed by atoms with Crippen LogP contribution in [0.3, 0.4) is 0 Å². The van der Waals surface area contributed by atoms with Gasteiger partial charge in [0.2, 0.25) is 0 Å². The second-order valence-corrected chi connectivity index (χ2v) is 9.29. The van der Waals surface area contributed by atoms with Crippen molar-refractivity contribution < 1.29 is 28.5 Å². The molecule has 5 rings (SSSR count). The Labute approximate surface area is 215 Å². The Morgan fingerprint density at radius 2 is 2.08 bits per heavy atom. The molecule has 2 fully saturated rings. The topological polar surface area (TPSA) is 95.3 Å². The Kier molecular flexibility index (Phi) is 7.83. The van der Waals surface area contributed by atoms with E-state index in [0.717, 1.165) is 36.3 Å². The van der Waals surface area contributed by atoms with Crippen LogP contribution in [0.2, 0.25) is 0 Å². The summed E-state index contributed by atoms with van der Waals surface area (Å²) in [5.41, 5.74) is 3.72. The van der Waals surface area contributed by atoms with Gasteiger partial charge >= 0.3 is 5.97 Å². The van der Waals surface area contributed by atoms with E-state index >= 15 is 0 Å². The van der Waals surface area contributed by atoms with Gasteiger partial charge in [-0.15, -0.1) is 12.4 Å². The lowest BCUT2D eigenvalue weighted by Crippen LogP contribution is -2.58. The number of nitriles is 1. The summed E-state index contributed by atoms with van der Waals surface area (Å²) in [7, 11) is 1.40. The minimum Gasteiger partial charge on any atom is -0.493 e. The lowest BCUT2D eigenvalue weighted by Gasteiger charge is -2.46. The predicted molar refractivity (Wildman–Crippen MR) is 131 cm³/mol. The number of morpholine rings is 1. The van der Waals surface area contributed by atoms with Gasteiger partial charge in [-0.1, -0.05) is 12.1 Å². The first-order valence-corrected chi connectivity index (χ1v) is 11.7. The number of hydrogen-bond donors (Lipinski definition) is 1. The van der Waals surface area contributed by atoms with E-state index in [2.05, 4.69) is 9.80 Å². The molecule has 36 heavy (non-hydrogen) atoms. The van der Waals surface area contributed by atoms with Crippen LogP contribution in [0.4, 0.5) is 4.39 Å². The molecule has 10 heteroatoms. The smallest absolute Gasteiger partial charge is 0.338 e. The molecule has 0 radical (unpaired) electrons. The molecule has 2 aromatic carbocycles. The second-order valence-electron chi connectivity index (χ2n) is 9.29. The van der Waals surface area contributed by atoms with Gasteiger partial charge in [0.1, 0.15) is 12.7 Å². The number of β-amino-alcohol motifs (C(OH)–C–C–N with tert-alkyl or cyclic N) is 1. The standard InChI is InChI=1S/C26H28FN3O5.ClH/c1-15-18(5-6-19-21(15)14-35-26(19)32)22(31)11-29-7-8-30-12-23(34-13-17(30)10-29)20-4-3-16(9-28)24(27)25(20)33-2;/h3-6,17,22-23,31H,7-8,10-14H2,1-2H3;1H/t17-,22-,23-;/m0./s1. The maximum Gasteiger partial charge on any atom is 0.338 e. The van der Waals surface area contributed by atoms with Gasteiger partial charge in [0.25, 0.3) is 0 Å². The van der Waals surface area contributed by atoms with Crippen LogP contribution >= 0.6 is 12.4 Å². The van der Waals surface area contributed by atoms with Crippen LogP contribution in [0.5, 0.6) is 5.75 Å². The zero-order valence-corrected chi connectivity index (χ0v) is 21.0. The molecule has 3 aliphatic rings. The van der Waals surface area contributed by atoms with E-state index in [9.17, 15) is 14.3 Å². The van der Waals surface area contributed by atoms with E-state index < -0.39 is 11.9 Å². The summed E-state index contributed by atoms with van der Waals surface area (Å²) in [4.78, 5) is 16.4. The molecule has 1 N–H and O–H groups in total. The van der Waals surface area contributed by atoms with Crippen molar-refractivity contribution in [3.05, 3.63) is 63.5 Å². The molecule has 0 aromatic heterocycles. The van der Waals surface area contributed by atoms with Crippen molar-refractivity contribution in [2.24, 2.45) is 0 Å². The Hall–Kier alpha value is -2.74. The van der Waals surface area contributed by atoms with E-state index in [0.29, 0.717) is 30.8 Å². The first-order chi connectivity index (χ1) is 16.9. The fraction of sp³-hybridized carbons (Fsp3) is 0.462. The molecule has 192 valence electrons. The number of fused-ring (bicyclic) bond motifs is 2. The number of halogens is 2. The summed E-state index contributed by atoms with van der Waals surface area (Å²) in [5, 5.41) is 20.1. The molecule has 0 unspecified atom stereocenters. The van der Waals surface area contributed by atoms with Crippen molar-refractivity contribution in [2.75, 3.05) is 46.4 Å². The monoisotopic (exact) mass is 517 g/mol. The number of aliphatic hydroxyl groups is 1. The van der Waals surface area contributed by atoms with Crippen molar-refractivity contribution in [1.29, 1.82) is 5.26 Å². The third-order valence-electron chi connectivity index (χ3n) is 7.38. The Bertz CT molecular complexity index is 1200. The van der Waals surface area contributed by atoms with Crippen LogP contribution in [-0.2, 0) is 16.1 Å². The largest absolute Gasteiger partial charge is 0.493 e. The summed E-state index contributed by atoms with van der Waals surface area (Å²) in [6, 6.07) is 8.73. The highest BCUT2D eigenvalue weighted by atomic mass is 35.5. The van der Waals surface area contributed by atoms with Crippen LogP contribution in [0.25, 0.3) is 0 Å². The van der Waals surface area contributed by atoms with Gasteiger partial charge in [0.15, 0.2) is 11.6 Å². The fourth-order valence-corrected chi connectivity index (χ4v) is 5.39. The predicted octanol–water partition coefficient (Wildman–Crippen LogP) is 2.90. The lowest BCUT2D eigenvalue weighted by atomic mass is 9.95. The highest BCUT2D eigenvalue weighted by Crippen LogP contribution is 2.36. The van der Waals surface area contributed by atoms with Gasteiger partial charge in [0, 0.05) is 49.9 Å². The Morgan fingerprint density at radius 1 is 1.28 bits per heavy atom. The van der Waals surface area contributed by atoms with Gasteiger partial charge in [0.05, 0.1) is 37.1 Å². The molecule has 0 bridgehead atoms. The zero-order chi connectivity index (χ0) is 24.7. The Balaban J connectivity index is 0.00000304. The third kappa shape index (κ3) is 4.67. The summed E-state index contributed by atoms with van der Waals surface area (Å²) < 4.78 is 31.1. The van der Waals surface area contributed by atoms with E-state index in [4.69, 9.17) is 19.5 Å². The number of rotatable bonds is 5. The number of carbonyl (C=O) groups excluding carboxylic acids is 1. The van der Waals surface area contributed by atoms with Crippen molar-refractivity contribution in [2.45, 2.75) is 31.8 Å². The van der Waals surface area contributed by atoms with Gasteiger partial charge in [-0.2, -0.15) is 5.26 Å². The normalized spacial score (nSPS) is 22.6. The molecule has 2 saturated heterocycles. The number of cyclic esters (lactones) is 1. The van der Waals surface area contributed by atoms with E-state index in [-0.39, 0.29) is 48.4 Å². The maximum absolute atomic E-state index is 14.6. The Morgan fingerprint density at radius 3 is 2.83 bits per heavy atom. The lowest BCUT2D eigenvalue weighted by molar-refractivity contribution is -0.0943. The highest BCUT2D eigenvalue weighted by molar-refractivity contribution is 5.93. The van der Waals surface area contributed by atoms with Crippen LogP contribution < -0.4 is 4.74 Å². The molecular formula is C26H29ClFN3O5. The zero-order valence-electron chi connectivity index (χ0n) is 20.2. The van der Waals surface area contributed by atoms with Crippen LogP contribution in [-0.4, -0.2) is 73.4 Å². The van der Waals surface area contributed by atoms with Crippen molar-refractivity contribution >= 4 is 18.4 Å². The summed E-state index contributed by atoms with van der Waals surface area (Å²) in [5.74, 6) is -0.905. The summed E-state index contributed by atoms with van der Waals surface area (Å²) in [6.45, 7) is 6.06. The average Bonchev–Trinajstić information content (AvgIpc) is 3.25. The number of carbonyl (C=O) groups is 1. The van der Waals surface area contributed by atoms with Crippen molar-refractivity contribution in [3.63, 3.8) is 0 Å². The summed E-state index contributed by atoms with van der Waals surface area (Å²) in [6.07, 6.45) is -1.02. The number of ether oxygens (including phenoxy) is 3. The van der Waals surface area contributed by atoms with Gasteiger partial charge in [-0.3, -0.25) is 9.80 Å². The third-order valence-corrected chi connectivity index (χ3v) is 7.38. The van der Waals surface area contributed by atoms with Gasteiger partial charge < -0.3 is 19.3 Å². The van der Waals surface area contributed by atoms with Crippen molar-refractivity contribution in [1.82, 2.24) is 9.80 Å². The molecule has 3 atom stereocenters. The number of methoxy groups -OCH3 is 1. The minimum atomic E-state index is -0.675. The number of hydrogen-bond acceptors (Lipinski definition) is 8. The maximum atomic E-state index is 14.6. The highest BCUT2D eigenvalue weighted by Gasteiger charge is 2.36. The number of benzene rings is 2. The molecule has 0 spiro atoms. The number of piperazine rings is 1.